The second-order valence-electron chi connectivity index (χ2n) is 0.250. The molecule has 7 heavy (non-hydrogen) atoms. The minimum atomic E-state index is -4.29. The molecule has 0 aromatic carbocycles. The van der Waals surface area contributed by atoms with Crippen molar-refractivity contribution in [1.29, 1.82) is 0 Å². The molecule has 0 fully saturated rings. The predicted octanol–water partition coefficient (Wildman–Crippen LogP) is -3.00. The average Bonchev–Trinajstić information content (AvgIpc) is 0.811. The summed E-state index contributed by atoms with van der Waals surface area (Å²) < 4.78 is 25.8. The number of rotatable bonds is 0. The Balaban J connectivity index is -0.0000000150. The van der Waals surface area contributed by atoms with Gasteiger partial charge in [-0.05, 0) is 0 Å². The maximum absolute atomic E-state index is 8.61. The first-order valence-corrected chi connectivity index (χ1v) is 4.11. The molecule has 7 heteroatoms. The third-order valence-electron chi connectivity index (χ3n) is 0. The molecular weight excluding hydrogens is 408 g/mol. The third-order valence-corrected chi connectivity index (χ3v) is 0. The molecule has 0 saturated heterocycles. The molecule has 0 saturated carbocycles. The Hall–Kier alpha value is 2.32. The fraction of sp³-hybridized carbons (Fsp3) is 0. The molecule has 0 unspecified atom stereocenters. The Morgan fingerprint density at radius 2 is 1.14 bits per heavy atom. The molecule has 0 spiro atoms. The second kappa shape index (κ2) is 15.8. The van der Waals surface area contributed by atoms with Crippen LogP contribution in [0.4, 0.5) is 0 Å². The van der Waals surface area contributed by atoms with Crippen LogP contribution in [0.2, 0.25) is 0 Å². The van der Waals surface area contributed by atoms with Gasteiger partial charge in [-0.1, -0.05) is 0 Å². The topological polar surface area (TPSA) is 91.7 Å². The summed E-state index contributed by atoms with van der Waals surface area (Å²) in [5.41, 5.74) is 0. The molecule has 0 amide bonds. The Morgan fingerprint density at radius 1 is 1.14 bits per heavy atom. The summed E-state index contributed by atoms with van der Waals surface area (Å²) in [6, 6.07) is 0. The SMILES string of the molecule is [Cd+2].[Cd+2].[O-2].[O]=[Sn]([O-])[O-]. The van der Waals surface area contributed by atoms with Crippen LogP contribution in [0.3, 0.4) is 0 Å². The molecule has 0 rings (SSSR count). The first-order chi connectivity index (χ1) is 1.73. The van der Waals surface area contributed by atoms with Crippen LogP contribution in [-0.2, 0) is 63.2 Å². The van der Waals surface area contributed by atoms with Crippen molar-refractivity contribution in [2.24, 2.45) is 0 Å². The van der Waals surface area contributed by atoms with Crippen molar-refractivity contribution in [2.45, 2.75) is 0 Å². The molecule has 0 bridgehead atoms. The minimum absolute atomic E-state index is 0. The molecule has 4 nitrogen and oxygen atoms in total. The van der Waals surface area contributed by atoms with E-state index in [4.69, 9.17) is 9.96 Å². The zero-order chi connectivity index (χ0) is 3.58. The zero-order valence-corrected chi connectivity index (χ0v) is 14.5. The molecular formula is Cd2O4Sn. The van der Waals surface area contributed by atoms with E-state index >= 15 is 0 Å². The summed E-state index contributed by atoms with van der Waals surface area (Å²) in [5.74, 6) is 0. The predicted molar refractivity (Wildman–Crippen MR) is 7.13 cm³/mol. The van der Waals surface area contributed by atoms with E-state index in [1.165, 1.54) is 0 Å². The van der Waals surface area contributed by atoms with Crippen LogP contribution in [0.15, 0.2) is 0 Å². The van der Waals surface area contributed by atoms with Crippen molar-refractivity contribution in [2.75, 3.05) is 0 Å². The molecule has 0 heterocycles. The van der Waals surface area contributed by atoms with E-state index in [-0.39, 0.29) is 60.1 Å². The van der Waals surface area contributed by atoms with Crippen molar-refractivity contribution < 1.29 is 70.0 Å². The molecule has 0 atom stereocenters. The van der Waals surface area contributed by atoms with Gasteiger partial charge in [-0.2, -0.15) is 0 Å². The van der Waals surface area contributed by atoms with Crippen molar-refractivity contribution in [3.63, 3.8) is 0 Å². The van der Waals surface area contributed by atoms with Crippen LogP contribution in [0.1, 0.15) is 0 Å². The van der Waals surface area contributed by atoms with Crippen molar-refractivity contribution in [3.05, 3.63) is 0 Å². The molecule has 0 aliphatic rings. The van der Waals surface area contributed by atoms with Crippen molar-refractivity contribution in [1.82, 2.24) is 0 Å². The quantitative estimate of drug-likeness (QED) is 0.401. The first-order valence-electron chi connectivity index (χ1n) is 0.612. The zero-order valence-electron chi connectivity index (χ0n) is 3.55. The summed E-state index contributed by atoms with van der Waals surface area (Å²) in [5, 5.41) is 0. The van der Waals surface area contributed by atoms with Crippen LogP contribution in [0, 0.1) is 0 Å². The Morgan fingerprint density at radius 3 is 1.14 bits per heavy atom. The van der Waals surface area contributed by atoms with Crippen LogP contribution in [0.5, 0.6) is 0 Å². The van der Waals surface area contributed by atoms with E-state index in [9.17, 15) is 0 Å². The van der Waals surface area contributed by atoms with Gasteiger partial charge >= 0.3 is 85.1 Å². The van der Waals surface area contributed by atoms with E-state index in [0.29, 0.717) is 0 Å². The maximum atomic E-state index is 8.61. The summed E-state index contributed by atoms with van der Waals surface area (Å²) in [4.78, 5) is 0. The van der Waals surface area contributed by atoms with Gasteiger partial charge in [0, 0.05) is 0 Å². The van der Waals surface area contributed by atoms with Crippen LogP contribution < -0.4 is 6.89 Å². The molecule has 0 aliphatic carbocycles. The first kappa shape index (κ1) is 22.8. The van der Waals surface area contributed by atoms with Crippen molar-refractivity contribution in [3.8, 4) is 0 Å². The van der Waals surface area contributed by atoms with E-state index in [1.807, 2.05) is 0 Å². The molecule has 32 valence electrons. The Kier molecular flexibility index (Phi) is 51.3. The Bertz CT molecular complexity index is 32.7. The third kappa shape index (κ3) is 61.7. The van der Waals surface area contributed by atoms with Gasteiger partial charge in [0.05, 0.1) is 0 Å². The van der Waals surface area contributed by atoms with Gasteiger partial charge in [0.25, 0.3) is 0 Å². The van der Waals surface area contributed by atoms with Gasteiger partial charge in [0.1, 0.15) is 0 Å². The van der Waals surface area contributed by atoms with E-state index in [0.717, 1.165) is 0 Å². The molecule has 0 radical (unpaired) electrons. The molecule has 0 aromatic rings. The van der Waals surface area contributed by atoms with Gasteiger partial charge in [-0.3, -0.25) is 0 Å². The van der Waals surface area contributed by atoms with Crippen LogP contribution in [0.25, 0.3) is 0 Å². The Labute approximate surface area is 89.1 Å². The van der Waals surface area contributed by atoms with Gasteiger partial charge < -0.3 is 5.48 Å². The van der Waals surface area contributed by atoms with Gasteiger partial charge in [-0.25, -0.2) is 0 Å². The standard InChI is InChI=1S/2Cd.4O.Sn/q2*+2;;-2;2*-1;. The normalized spacial score (nSPS) is 3.71. The summed E-state index contributed by atoms with van der Waals surface area (Å²) >= 11 is -4.29. The second-order valence-corrected chi connectivity index (χ2v) is 1.68. The average molecular weight is 408 g/mol. The fourth-order valence-electron chi connectivity index (χ4n) is 0. The van der Waals surface area contributed by atoms with Crippen LogP contribution >= 0.6 is 0 Å². The molecule has 0 aromatic heterocycles. The van der Waals surface area contributed by atoms with E-state index in [1.54, 1.807) is 0 Å². The van der Waals surface area contributed by atoms with Gasteiger partial charge in [-0.15, -0.1) is 0 Å². The molecule has 0 aliphatic heterocycles. The van der Waals surface area contributed by atoms with Crippen LogP contribution in [-0.4, -0.2) is 20.6 Å². The monoisotopic (exact) mass is 412 g/mol. The van der Waals surface area contributed by atoms with Gasteiger partial charge in [0.15, 0.2) is 0 Å². The number of hydrogen-bond donors (Lipinski definition) is 0. The molecule has 0 N–H and O–H groups in total. The summed E-state index contributed by atoms with van der Waals surface area (Å²) in [7, 11) is 0. The van der Waals surface area contributed by atoms with Crippen molar-refractivity contribution >= 4 is 20.6 Å². The van der Waals surface area contributed by atoms with E-state index < -0.39 is 20.6 Å². The summed E-state index contributed by atoms with van der Waals surface area (Å²) in [6.07, 6.45) is 0. The fourth-order valence-corrected chi connectivity index (χ4v) is 0. The van der Waals surface area contributed by atoms with Gasteiger partial charge in [0.2, 0.25) is 0 Å². The van der Waals surface area contributed by atoms with E-state index in [2.05, 4.69) is 0 Å². The number of hydrogen-bond acceptors (Lipinski definition) is 3. The summed E-state index contributed by atoms with van der Waals surface area (Å²) in [6.45, 7) is 0.